The lowest BCUT2D eigenvalue weighted by atomic mass is 9.31. The first-order chi connectivity index (χ1) is 32.8. The van der Waals surface area contributed by atoms with E-state index in [-0.39, 0.29) is 18.8 Å². The Kier molecular flexibility index (Phi) is 8.00. The summed E-state index contributed by atoms with van der Waals surface area (Å²) in [6, 6.07) is 65.3. The van der Waals surface area contributed by atoms with Crippen LogP contribution in [0.25, 0.3) is 0 Å². The Balaban J connectivity index is 1.03. The fourth-order valence-corrected chi connectivity index (χ4v) is 10.7. The minimum atomic E-state index is -0.284. The second-order valence-electron chi connectivity index (χ2n) is 18.8. The number of benzene rings is 9. The Bertz CT molecular complexity index is 3430. The van der Waals surface area contributed by atoms with Gasteiger partial charge in [-0.3, -0.25) is 0 Å². The van der Waals surface area contributed by atoms with Gasteiger partial charge >= 0.3 is 0 Å². The van der Waals surface area contributed by atoms with Crippen molar-refractivity contribution in [3.8, 4) is 57.5 Å². The maximum Gasteiger partial charge on any atom is 0.265 e. The van der Waals surface area contributed by atoms with Gasteiger partial charge in [-0.25, -0.2) is 0 Å². The monoisotopic (exact) mass is 866 g/mol. The molecule has 0 saturated carbocycles. The molecule has 0 N–H and O–H groups in total. The minimum Gasteiger partial charge on any atom is -0.458 e. The van der Waals surface area contributed by atoms with Crippen LogP contribution in [0.1, 0.15) is 26.3 Å². The van der Waals surface area contributed by atoms with Gasteiger partial charge in [-0.05, 0) is 94.7 Å². The fourth-order valence-electron chi connectivity index (χ4n) is 10.7. The van der Waals surface area contributed by atoms with Gasteiger partial charge in [0.15, 0.2) is 0 Å². The van der Waals surface area contributed by atoms with Crippen molar-refractivity contribution in [1.82, 2.24) is 0 Å². The Morgan fingerprint density at radius 2 is 0.612 bits per heavy atom. The summed E-state index contributed by atoms with van der Waals surface area (Å²) in [6.45, 7) is 6.11. The number of rotatable bonds is 6. The van der Waals surface area contributed by atoms with Crippen LogP contribution in [0.3, 0.4) is 0 Å². The van der Waals surface area contributed by atoms with Gasteiger partial charge in [0.1, 0.15) is 57.5 Å². The fraction of sp³-hybridized carbons (Fsp3) is 0.0690. The van der Waals surface area contributed by atoms with Crippen molar-refractivity contribution in [1.29, 1.82) is 0 Å². The zero-order chi connectivity index (χ0) is 44.5. The number of hydrogen-bond acceptors (Lipinski definition) is 7. The van der Waals surface area contributed by atoms with E-state index in [1.165, 1.54) is 0 Å². The molecule has 318 valence electrons. The SMILES string of the molecule is CC(C)(C)c1cc2c3c(c1)Oc1cc(N(c4ccccc4)c4ccccc4)cc4c1B3c1cc3c(cc1O2)Oc1cc(N(c2ccccc2)c2ccccc2)cc2c1B3c1c(cccc1O4)O2. The van der Waals surface area contributed by atoms with E-state index in [2.05, 4.69) is 182 Å². The summed E-state index contributed by atoms with van der Waals surface area (Å²) in [5.74, 6) is 7.29. The number of hydrogen-bond donors (Lipinski definition) is 0. The maximum atomic E-state index is 7.49. The van der Waals surface area contributed by atoms with Gasteiger partial charge < -0.3 is 33.5 Å². The van der Waals surface area contributed by atoms with E-state index in [0.29, 0.717) is 17.2 Å². The Morgan fingerprint density at radius 1 is 0.299 bits per heavy atom. The molecular formula is C58H40B2N2O5. The van der Waals surface area contributed by atoms with Crippen molar-refractivity contribution in [3.63, 3.8) is 0 Å². The molecule has 0 atom stereocenters. The van der Waals surface area contributed by atoms with Crippen LogP contribution in [0.2, 0.25) is 0 Å². The number of nitrogens with zero attached hydrogens (tertiary/aromatic N) is 2. The van der Waals surface area contributed by atoms with Gasteiger partial charge in [0, 0.05) is 74.9 Å². The highest BCUT2D eigenvalue weighted by molar-refractivity contribution is 7.01. The molecule has 2 bridgehead atoms. The Labute approximate surface area is 389 Å². The largest absolute Gasteiger partial charge is 0.458 e. The molecule has 0 unspecified atom stereocenters. The highest BCUT2D eigenvalue weighted by Gasteiger charge is 2.49. The third-order valence-corrected chi connectivity index (χ3v) is 13.8. The van der Waals surface area contributed by atoms with Gasteiger partial charge in [0.25, 0.3) is 13.4 Å². The molecule has 0 radical (unpaired) electrons. The number of para-hydroxylation sites is 4. The van der Waals surface area contributed by atoms with Crippen LogP contribution in [0.5, 0.6) is 57.5 Å². The lowest BCUT2D eigenvalue weighted by molar-refractivity contribution is 0.441. The predicted octanol–water partition coefficient (Wildman–Crippen LogP) is 11.5. The van der Waals surface area contributed by atoms with Gasteiger partial charge in [-0.2, -0.15) is 0 Å². The van der Waals surface area contributed by atoms with Crippen LogP contribution in [0.15, 0.2) is 188 Å². The summed E-state index contributed by atoms with van der Waals surface area (Å²) < 4.78 is 35.9. The molecule has 67 heavy (non-hydrogen) atoms. The van der Waals surface area contributed by atoms with E-state index >= 15 is 0 Å². The van der Waals surface area contributed by atoms with Crippen LogP contribution >= 0.6 is 0 Å². The Hall–Kier alpha value is -8.29. The molecule has 0 saturated heterocycles. The summed E-state index contributed by atoms with van der Waals surface area (Å²) in [6.07, 6.45) is 0. The van der Waals surface area contributed by atoms with Crippen LogP contribution < -0.4 is 66.3 Å². The molecule has 0 amide bonds. The topological polar surface area (TPSA) is 52.6 Å². The van der Waals surface area contributed by atoms with E-state index in [1.54, 1.807) is 0 Å². The van der Waals surface area contributed by atoms with Crippen molar-refractivity contribution in [2.75, 3.05) is 9.80 Å². The summed E-state index contributed by atoms with van der Waals surface area (Å²) in [4.78, 5) is 4.50. The molecule has 5 aliphatic heterocycles. The third-order valence-electron chi connectivity index (χ3n) is 13.8. The normalized spacial score (nSPS) is 13.5. The average molecular weight is 867 g/mol. The molecule has 0 aliphatic carbocycles. The molecular weight excluding hydrogens is 826 g/mol. The van der Waals surface area contributed by atoms with Crippen molar-refractivity contribution in [2.45, 2.75) is 26.2 Å². The van der Waals surface area contributed by atoms with Crippen molar-refractivity contribution in [2.24, 2.45) is 0 Å². The van der Waals surface area contributed by atoms with Crippen LogP contribution in [0, 0.1) is 0 Å². The molecule has 14 rings (SSSR count). The van der Waals surface area contributed by atoms with E-state index in [1.807, 2.05) is 36.4 Å². The summed E-state index contributed by atoms with van der Waals surface area (Å²) in [7, 11) is 0. The summed E-state index contributed by atoms with van der Waals surface area (Å²) in [5.41, 5.74) is 12.7. The van der Waals surface area contributed by atoms with E-state index in [0.717, 1.165) is 113 Å². The maximum absolute atomic E-state index is 7.49. The molecule has 9 aromatic carbocycles. The zero-order valence-electron chi connectivity index (χ0n) is 37.0. The summed E-state index contributed by atoms with van der Waals surface area (Å²) in [5, 5.41) is 0. The molecule has 7 nitrogen and oxygen atoms in total. The van der Waals surface area contributed by atoms with Gasteiger partial charge in [-0.15, -0.1) is 0 Å². The molecule has 9 heteroatoms. The van der Waals surface area contributed by atoms with Gasteiger partial charge in [-0.1, -0.05) is 106 Å². The minimum absolute atomic E-state index is 0.182. The van der Waals surface area contributed by atoms with E-state index < -0.39 is 0 Å². The standard InChI is InChI=1S/C58H40B2N2O5/c1-58(2,3)35-27-48-55-49(28-35)67-53-32-41(62(38-21-12-6-13-22-38)39-23-14-7-15-24-39)30-51-57(53)60(55)43-33-42-47(34-46(43)65-48)66-52-31-40(61(36-17-8-4-9-18-36)37-19-10-5-11-20-37)29-50-56(52)59(42)54-44(63-50)25-16-26-45(54)64-51/h4-34H,1-3H3. The molecule has 5 heterocycles. The molecule has 5 aliphatic rings. The van der Waals surface area contributed by atoms with E-state index in [4.69, 9.17) is 23.7 Å². The molecule has 0 aromatic heterocycles. The highest BCUT2D eigenvalue weighted by Crippen LogP contribution is 2.48. The zero-order valence-corrected chi connectivity index (χ0v) is 37.0. The van der Waals surface area contributed by atoms with Crippen LogP contribution in [-0.4, -0.2) is 13.4 Å². The lowest BCUT2D eigenvalue weighted by Gasteiger charge is -2.39. The third kappa shape index (κ3) is 5.80. The Morgan fingerprint density at radius 3 is 0.970 bits per heavy atom. The quantitative estimate of drug-likeness (QED) is 0.154. The summed E-state index contributed by atoms with van der Waals surface area (Å²) >= 11 is 0. The van der Waals surface area contributed by atoms with Crippen molar-refractivity contribution >= 4 is 80.3 Å². The second kappa shape index (κ2) is 14.1. The second-order valence-corrected chi connectivity index (χ2v) is 18.8. The van der Waals surface area contributed by atoms with Gasteiger partial charge in [0.2, 0.25) is 0 Å². The molecule has 9 aromatic rings. The lowest BCUT2D eigenvalue weighted by Crippen LogP contribution is -2.62. The number of ether oxygens (including phenoxy) is 5. The van der Waals surface area contributed by atoms with Gasteiger partial charge in [0.05, 0.1) is 11.4 Å². The predicted molar refractivity (Wildman–Crippen MR) is 270 cm³/mol. The molecule has 0 spiro atoms. The first-order valence-electron chi connectivity index (χ1n) is 22.9. The first kappa shape index (κ1) is 38.0. The highest BCUT2D eigenvalue weighted by atomic mass is 16.5. The van der Waals surface area contributed by atoms with Crippen molar-refractivity contribution < 1.29 is 23.7 Å². The van der Waals surface area contributed by atoms with Crippen LogP contribution in [-0.2, 0) is 5.41 Å². The number of anilines is 6. The van der Waals surface area contributed by atoms with E-state index in [9.17, 15) is 0 Å². The smallest absolute Gasteiger partial charge is 0.265 e. The molecule has 0 fully saturated rings. The van der Waals surface area contributed by atoms with Crippen molar-refractivity contribution in [3.05, 3.63) is 194 Å². The average Bonchev–Trinajstić information content (AvgIpc) is 3.34. The first-order valence-corrected chi connectivity index (χ1v) is 22.9. The van der Waals surface area contributed by atoms with Crippen LogP contribution in [0.4, 0.5) is 34.1 Å².